The zero-order chi connectivity index (χ0) is 18.9. The highest BCUT2D eigenvalue weighted by atomic mass is 16.5. The van der Waals surface area contributed by atoms with Gasteiger partial charge in [-0.2, -0.15) is 0 Å². The quantitative estimate of drug-likeness (QED) is 0.814. The summed E-state index contributed by atoms with van der Waals surface area (Å²) in [7, 11) is 0. The van der Waals surface area contributed by atoms with Gasteiger partial charge < -0.3 is 9.64 Å². The van der Waals surface area contributed by atoms with Crippen LogP contribution in [-0.4, -0.2) is 60.4 Å². The summed E-state index contributed by atoms with van der Waals surface area (Å²) in [6, 6.07) is 6.51. The van der Waals surface area contributed by atoms with Gasteiger partial charge in [-0.05, 0) is 43.4 Å². The molecule has 0 spiro atoms. The van der Waals surface area contributed by atoms with Crippen LogP contribution in [0.3, 0.4) is 0 Å². The molecule has 3 aliphatic rings. The number of ether oxygens (including phenoxy) is 1. The first-order valence-electron chi connectivity index (χ1n) is 10.8. The minimum absolute atomic E-state index is 0.118. The number of fused-ring (bicyclic) bond motifs is 1. The van der Waals surface area contributed by atoms with E-state index < -0.39 is 0 Å². The van der Waals surface area contributed by atoms with Crippen LogP contribution in [0.4, 0.5) is 5.69 Å². The van der Waals surface area contributed by atoms with Crippen LogP contribution in [0.25, 0.3) is 10.9 Å². The molecule has 2 aliphatic heterocycles. The van der Waals surface area contributed by atoms with E-state index in [2.05, 4.69) is 26.9 Å². The van der Waals surface area contributed by atoms with Crippen LogP contribution in [0.1, 0.15) is 38.1 Å². The van der Waals surface area contributed by atoms with E-state index in [0.717, 1.165) is 69.7 Å². The number of hydrogen-bond donors (Lipinski definition) is 0. The third-order valence-corrected chi connectivity index (χ3v) is 6.76. The smallest absolute Gasteiger partial charge is 0.261 e. The molecule has 1 saturated carbocycles. The van der Waals surface area contributed by atoms with Crippen LogP contribution in [-0.2, 0) is 4.74 Å². The molecule has 0 amide bonds. The van der Waals surface area contributed by atoms with E-state index in [4.69, 9.17) is 4.74 Å². The molecular weight excluding hydrogens is 352 g/mol. The van der Waals surface area contributed by atoms with E-state index in [1.165, 1.54) is 24.9 Å². The van der Waals surface area contributed by atoms with Gasteiger partial charge in [-0.15, -0.1) is 0 Å². The maximum atomic E-state index is 12.9. The summed E-state index contributed by atoms with van der Waals surface area (Å²) < 4.78 is 7.37. The van der Waals surface area contributed by atoms with Crippen molar-refractivity contribution in [2.45, 2.75) is 38.1 Å². The number of hydrogen-bond acceptors (Lipinski definition) is 5. The number of aromatic nitrogens is 2. The number of nitrogens with zero attached hydrogens (tertiary/aromatic N) is 4. The third-order valence-electron chi connectivity index (χ3n) is 6.76. The average molecular weight is 383 g/mol. The summed E-state index contributed by atoms with van der Waals surface area (Å²) in [5.41, 5.74) is 2.12. The molecule has 1 unspecified atom stereocenters. The largest absolute Gasteiger partial charge is 0.381 e. The normalized spacial score (nSPS) is 24.4. The van der Waals surface area contributed by atoms with Crippen molar-refractivity contribution in [3.05, 3.63) is 34.9 Å². The van der Waals surface area contributed by atoms with E-state index in [9.17, 15) is 4.79 Å². The van der Waals surface area contributed by atoms with Crippen molar-refractivity contribution in [3.63, 3.8) is 0 Å². The molecule has 3 fully saturated rings. The third kappa shape index (κ3) is 3.55. The van der Waals surface area contributed by atoms with Gasteiger partial charge in [0.2, 0.25) is 0 Å². The van der Waals surface area contributed by atoms with Crippen molar-refractivity contribution in [1.82, 2.24) is 14.5 Å². The Morgan fingerprint density at radius 1 is 1.07 bits per heavy atom. The fraction of sp³-hybridized carbons (Fsp3) is 0.636. The molecule has 28 heavy (non-hydrogen) atoms. The Morgan fingerprint density at radius 2 is 1.89 bits per heavy atom. The monoisotopic (exact) mass is 382 g/mol. The first-order chi connectivity index (χ1) is 13.8. The molecule has 1 aromatic heterocycles. The van der Waals surface area contributed by atoms with E-state index in [1.54, 1.807) is 6.33 Å². The fourth-order valence-electron chi connectivity index (χ4n) is 5.04. The van der Waals surface area contributed by atoms with E-state index in [1.807, 2.05) is 10.6 Å². The first-order valence-corrected chi connectivity index (χ1v) is 10.8. The molecule has 6 heteroatoms. The van der Waals surface area contributed by atoms with Crippen LogP contribution in [0, 0.1) is 5.92 Å². The zero-order valence-corrected chi connectivity index (χ0v) is 16.6. The fourth-order valence-corrected chi connectivity index (χ4v) is 5.04. The maximum absolute atomic E-state index is 12.9. The summed E-state index contributed by atoms with van der Waals surface area (Å²) in [5, 5.41) is 0.748. The first kappa shape index (κ1) is 18.1. The second-order valence-corrected chi connectivity index (χ2v) is 8.61. The van der Waals surface area contributed by atoms with Crippen molar-refractivity contribution in [2.75, 3.05) is 50.8 Å². The Bertz CT molecular complexity index is 876. The SMILES string of the molecule is O=c1c2ccc(N3CCN(CC4CCOC4)CC3)cc2ncn1C1CCCC1. The number of benzene rings is 1. The summed E-state index contributed by atoms with van der Waals surface area (Å²) in [4.78, 5) is 22.5. The molecule has 6 nitrogen and oxygen atoms in total. The van der Waals surface area contributed by atoms with Gasteiger partial charge in [0.25, 0.3) is 5.56 Å². The summed E-state index contributed by atoms with van der Waals surface area (Å²) in [5.74, 6) is 0.707. The van der Waals surface area contributed by atoms with Gasteiger partial charge in [-0.25, -0.2) is 4.98 Å². The number of anilines is 1. The second-order valence-electron chi connectivity index (χ2n) is 8.61. The highest BCUT2D eigenvalue weighted by Gasteiger charge is 2.23. The predicted octanol–water partition coefficient (Wildman–Crippen LogP) is 2.67. The van der Waals surface area contributed by atoms with Crippen molar-refractivity contribution in [2.24, 2.45) is 5.92 Å². The van der Waals surface area contributed by atoms with E-state index in [0.29, 0.717) is 12.0 Å². The van der Waals surface area contributed by atoms with Gasteiger partial charge in [-0.1, -0.05) is 12.8 Å². The van der Waals surface area contributed by atoms with Crippen LogP contribution < -0.4 is 10.5 Å². The molecule has 1 aromatic carbocycles. The summed E-state index contributed by atoms with van der Waals surface area (Å²) >= 11 is 0. The lowest BCUT2D eigenvalue weighted by Gasteiger charge is -2.37. The highest BCUT2D eigenvalue weighted by Crippen LogP contribution is 2.29. The summed E-state index contributed by atoms with van der Waals surface area (Å²) in [6.07, 6.45) is 7.60. The van der Waals surface area contributed by atoms with Gasteiger partial charge in [0.1, 0.15) is 0 Å². The van der Waals surface area contributed by atoms with E-state index in [-0.39, 0.29) is 5.56 Å². The highest BCUT2D eigenvalue weighted by molar-refractivity contribution is 5.81. The minimum atomic E-state index is 0.118. The number of rotatable bonds is 4. The van der Waals surface area contributed by atoms with Gasteiger partial charge in [0.05, 0.1) is 23.8 Å². The van der Waals surface area contributed by atoms with Crippen LogP contribution in [0.2, 0.25) is 0 Å². The molecule has 0 bridgehead atoms. The zero-order valence-electron chi connectivity index (χ0n) is 16.6. The van der Waals surface area contributed by atoms with Crippen molar-refractivity contribution in [1.29, 1.82) is 0 Å². The molecule has 1 atom stereocenters. The van der Waals surface area contributed by atoms with Gasteiger partial charge >= 0.3 is 0 Å². The minimum Gasteiger partial charge on any atom is -0.381 e. The van der Waals surface area contributed by atoms with Crippen molar-refractivity contribution in [3.8, 4) is 0 Å². The van der Waals surface area contributed by atoms with E-state index >= 15 is 0 Å². The molecular formula is C22H30N4O2. The van der Waals surface area contributed by atoms with Crippen molar-refractivity contribution >= 4 is 16.6 Å². The Balaban J connectivity index is 1.29. The Kier molecular flexibility index (Phi) is 5.07. The molecule has 0 radical (unpaired) electrons. The summed E-state index contributed by atoms with van der Waals surface area (Å²) in [6.45, 7) is 7.24. The second kappa shape index (κ2) is 7.84. The standard InChI is InChI=1S/C22H30N4O2/c27-22-20-6-5-19(13-21(20)23-16-26(22)18-3-1-2-4-18)25-10-8-24(9-11-25)14-17-7-12-28-15-17/h5-6,13,16-18H,1-4,7-12,14-15H2. The lowest BCUT2D eigenvalue weighted by atomic mass is 10.1. The van der Waals surface area contributed by atoms with Crippen molar-refractivity contribution < 1.29 is 4.74 Å². The predicted molar refractivity (Wildman–Crippen MR) is 111 cm³/mol. The maximum Gasteiger partial charge on any atom is 0.261 e. The molecule has 0 N–H and O–H groups in total. The van der Waals surface area contributed by atoms with Crippen LogP contribution in [0.5, 0.6) is 0 Å². The molecule has 150 valence electrons. The van der Waals surface area contributed by atoms with Crippen LogP contribution >= 0.6 is 0 Å². The molecule has 5 rings (SSSR count). The van der Waals surface area contributed by atoms with Crippen LogP contribution in [0.15, 0.2) is 29.3 Å². The molecule has 3 heterocycles. The van der Waals surface area contributed by atoms with Gasteiger partial charge in [-0.3, -0.25) is 14.3 Å². The van der Waals surface area contributed by atoms with Gasteiger partial charge in [0, 0.05) is 51.1 Å². The topological polar surface area (TPSA) is 50.6 Å². The lowest BCUT2D eigenvalue weighted by Crippen LogP contribution is -2.47. The molecule has 2 saturated heterocycles. The Hall–Kier alpha value is -1.92. The number of piperazine rings is 1. The molecule has 1 aliphatic carbocycles. The Labute approximate surface area is 166 Å². The lowest BCUT2D eigenvalue weighted by molar-refractivity contribution is 0.164. The molecule has 2 aromatic rings. The Morgan fingerprint density at radius 3 is 2.64 bits per heavy atom. The van der Waals surface area contributed by atoms with Gasteiger partial charge in [0.15, 0.2) is 0 Å². The average Bonchev–Trinajstić information content (AvgIpc) is 3.43.